The molecule has 0 unspecified atom stereocenters. The van der Waals surface area contributed by atoms with Crippen molar-refractivity contribution in [1.29, 1.82) is 0 Å². The molecule has 1 aromatic carbocycles. The summed E-state index contributed by atoms with van der Waals surface area (Å²) in [6.45, 7) is 0.758. The van der Waals surface area contributed by atoms with Crippen LogP contribution in [-0.4, -0.2) is 36.5 Å². The molecule has 0 fully saturated rings. The standard InChI is InChI=1S/C15H18BrN3O3/c1-21-13-4-3-11(7-14(13)22-2)5-6-17-15(20)10-19-9-12(16)8-18-19/h3-4,7-9H,5-6,10H2,1-2H3,(H,17,20). The summed E-state index contributed by atoms with van der Waals surface area (Å²) in [5.74, 6) is 1.31. The number of nitrogens with one attached hydrogen (secondary N) is 1. The number of ether oxygens (including phenoxy) is 2. The monoisotopic (exact) mass is 367 g/mol. The minimum Gasteiger partial charge on any atom is -0.493 e. The molecule has 0 aliphatic heterocycles. The van der Waals surface area contributed by atoms with E-state index in [2.05, 4.69) is 26.3 Å². The van der Waals surface area contributed by atoms with Gasteiger partial charge in [-0.1, -0.05) is 6.07 Å². The van der Waals surface area contributed by atoms with E-state index in [1.807, 2.05) is 18.2 Å². The van der Waals surface area contributed by atoms with Crippen LogP contribution in [-0.2, 0) is 17.8 Å². The molecule has 0 bridgehead atoms. The van der Waals surface area contributed by atoms with Crippen LogP contribution in [0.25, 0.3) is 0 Å². The lowest BCUT2D eigenvalue weighted by Gasteiger charge is -2.10. The van der Waals surface area contributed by atoms with Crippen molar-refractivity contribution in [2.24, 2.45) is 0 Å². The normalized spacial score (nSPS) is 10.3. The van der Waals surface area contributed by atoms with Crippen LogP contribution in [0.5, 0.6) is 11.5 Å². The average Bonchev–Trinajstić information content (AvgIpc) is 2.92. The Labute approximate surface area is 137 Å². The van der Waals surface area contributed by atoms with E-state index in [1.54, 1.807) is 31.3 Å². The first-order chi connectivity index (χ1) is 10.6. The summed E-state index contributed by atoms with van der Waals surface area (Å²) >= 11 is 3.29. The van der Waals surface area contributed by atoms with Gasteiger partial charge in [0.1, 0.15) is 6.54 Å². The van der Waals surface area contributed by atoms with E-state index in [4.69, 9.17) is 9.47 Å². The maximum Gasteiger partial charge on any atom is 0.241 e. The molecule has 0 aliphatic rings. The van der Waals surface area contributed by atoms with Crippen molar-refractivity contribution in [3.8, 4) is 11.5 Å². The summed E-state index contributed by atoms with van der Waals surface area (Å²) in [7, 11) is 3.21. The summed E-state index contributed by atoms with van der Waals surface area (Å²) in [6.07, 6.45) is 4.12. The van der Waals surface area contributed by atoms with Crippen molar-refractivity contribution >= 4 is 21.8 Å². The molecule has 0 atom stereocenters. The van der Waals surface area contributed by atoms with E-state index in [1.165, 1.54) is 0 Å². The molecule has 1 heterocycles. The Kier molecular flexibility index (Phi) is 5.83. The van der Waals surface area contributed by atoms with Gasteiger partial charge in [-0.3, -0.25) is 9.48 Å². The van der Waals surface area contributed by atoms with Crippen LogP contribution < -0.4 is 14.8 Å². The number of halogens is 1. The van der Waals surface area contributed by atoms with Gasteiger partial charge in [-0.05, 0) is 40.0 Å². The summed E-state index contributed by atoms with van der Waals surface area (Å²) < 4.78 is 12.9. The molecule has 2 rings (SSSR count). The number of methoxy groups -OCH3 is 2. The third-order valence-corrected chi connectivity index (χ3v) is 3.50. The Morgan fingerprint density at radius 1 is 1.32 bits per heavy atom. The van der Waals surface area contributed by atoms with Gasteiger partial charge in [-0.25, -0.2) is 0 Å². The van der Waals surface area contributed by atoms with Crippen molar-refractivity contribution in [2.45, 2.75) is 13.0 Å². The maximum absolute atomic E-state index is 11.8. The van der Waals surface area contributed by atoms with Crippen molar-refractivity contribution in [3.05, 3.63) is 40.6 Å². The minimum atomic E-state index is -0.0731. The molecule has 6 nitrogen and oxygen atoms in total. The first-order valence-electron chi connectivity index (χ1n) is 6.78. The van der Waals surface area contributed by atoms with Gasteiger partial charge < -0.3 is 14.8 Å². The zero-order valence-electron chi connectivity index (χ0n) is 12.5. The average molecular weight is 368 g/mol. The molecule has 118 valence electrons. The first-order valence-corrected chi connectivity index (χ1v) is 7.57. The van der Waals surface area contributed by atoms with Crippen LogP contribution in [0.1, 0.15) is 5.56 Å². The second kappa shape index (κ2) is 7.84. The zero-order chi connectivity index (χ0) is 15.9. The van der Waals surface area contributed by atoms with Crippen LogP contribution in [0.4, 0.5) is 0 Å². The highest BCUT2D eigenvalue weighted by Crippen LogP contribution is 2.27. The Hall–Kier alpha value is -2.02. The molecular weight excluding hydrogens is 350 g/mol. The van der Waals surface area contributed by atoms with Gasteiger partial charge in [0.2, 0.25) is 5.91 Å². The number of carbonyl (C=O) groups is 1. The van der Waals surface area contributed by atoms with E-state index in [9.17, 15) is 4.79 Å². The molecular formula is C15H18BrN3O3. The number of benzene rings is 1. The van der Waals surface area contributed by atoms with Crippen LogP contribution in [0.2, 0.25) is 0 Å². The van der Waals surface area contributed by atoms with Crippen molar-refractivity contribution in [3.63, 3.8) is 0 Å². The highest BCUT2D eigenvalue weighted by atomic mass is 79.9. The topological polar surface area (TPSA) is 65.4 Å². The molecule has 0 radical (unpaired) electrons. The van der Waals surface area contributed by atoms with Crippen LogP contribution in [0.3, 0.4) is 0 Å². The largest absolute Gasteiger partial charge is 0.493 e. The number of carbonyl (C=O) groups excluding carboxylic acids is 1. The number of nitrogens with zero attached hydrogens (tertiary/aromatic N) is 2. The predicted molar refractivity (Wildman–Crippen MR) is 86.2 cm³/mol. The molecule has 0 aliphatic carbocycles. The fourth-order valence-corrected chi connectivity index (χ4v) is 2.34. The van der Waals surface area contributed by atoms with E-state index >= 15 is 0 Å². The van der Waals surface area contributed by atoms with E-state index < -0.39 is 0 Å². The number of hydrogen-bond acceptors (Lipinski definition) is 4. The Morgan fingerprint density at radius 3 is 2.73 bits per heavy atom. The van der Waals surface area contributed by atoms with Gasteiger partial charge in [0.05, 0.1) is 24.9 Å². The quantitative estimate of drug-likeness (QED) is 0.812. The van der Waals surface area contributed by atoms with Gasteiger partial charge in [0.25, 0.3) is 0 Å². The van der Waals surface area contributed by atoms with E-state index in [0.29, 0.717) is 18.0 Å². The Morgan fingerprint density at radius 2 is 2.09 bits per heavy atom. The summed E-state index contributed by atoms with van der Waals surface area (Å²) in [5.41, 5.74) is 1.07. The molecule has 7 heteroatoms. The third kappa shape index (κ3) is 4.49. The lowest BCUT2D eigenvalue weighted by Crippen LogP contribution is -2.29. The molecule has 0 saturated carbocycles. The lowest BCUT2D eigenvalue weighted by molar-refractivity contribution is -0.121. The molecule has 1 N–H and O–H groups in total. The lowest BCUT2D eigenvalue weighted by atomic mass is 10.1. The van der Waals surface area contributed by atoms with Crippen LogP contribution >= 0.6 is 15.9 Å². The van der Waals surface area contributed by atoms with Crippen molar-refractivity contribution < 1.29 is 14.3 Å². The highest BCUT2D eigenvalue weighted by Gasteiger charge is 2.06. The summed E-state index contributed by atoms with van der Waals surface area (Å²) in [6, 6.07) is 5.73. The second-order valence-corrected chi connectivity index (χ2v) is 5.56. The maximum atomic E-state index is 11.8. The van der Waals surface area contributed by atoms with E-state index in [0.717, 1.165) is 16.5 Å². The Bertz CT molecular complexity index is 643. The number of rotatable bonds is 7. The minimum absolute atomic E-state index is 0.0731. The van der Waals surface area contributed by atoms with Crippen LogP contribution in [0, 0.1) is 0 Å². The van der Waals surface area contributed by atoms with Crippen molar-refractivity contribution in [1.82, 2.24) is 15.1 Å². The molecule has 0 spiro atoms. The molecule has 1 aromatic heterocycles. The second-order valence-electron chi connectivity index (χ2n) is 4.65. The highest BCUT2D eigenvalue weighted by molar-refractivity contribution is 9.10. The van der Waals surface area contributed by atoms with E-state index in [-0.39, 0.29) is 12.5 Å². The molecule has 0 saturated heterocycles. The zero-order valence-corrected chi connectivity index (χ0v) is 14.1. The number of hydrogen-bond donors (Lipinski definition) is 1. The molecule has 22 heavy (non-hydrogen) atoms. The number of aromatic nitrogens is 2. The van der Waals surface area contributed by atoms with Gasteiger partial charge in [-0.2, -0.15) is 5.10 Å². The van der Waals surface area contributed by atoms with Crippen molar-refractivity contribution in [2.75, 3.05) is 20.8 Å². The predicted octanol–water partition coefficient (Wildman–Crippen LogP) is 2.02. The van der Waals surface area contributed by atoms with Gasteiger partial charge >= 0.3 is 0 Å². The summed E-state index contributed by atoms with van der Waals surface area (Å²) in [5, 5.41) is 6.91. The fourth-order valence-electron chi connectivity index (χ4n) is 2.01. The smallest absolute Gasteiger partial charge is 0.241 e. The van der Waals surface area contributed by atoms with Gasteiger partial charge in [-0.15, -0.1) is 0 Å². The SMILES string of the molecule is COc1ccc(CCNC(=O)Cn2cc(Br)cn2)cc1OC. The Balaban J connectivity index is 1.82. The first kappa shape index (κ1) is 16.4. The summed E-state index contributed by atoms with van der Waals surface area (Å²) in [4.78, 5) is 11.8. The molecule has 1 amide bonds. The third-order valence-electron chi connectivity index (χ3n) is 3.09. The molecule has 2 aromatic rings. The van der Waals surface area contributed by atoms with Gasteiger partial charge in [0, 0.05) is 12.7 Å². The van der Waals surface area contributed by atoms with Crippen LogP contribution in [0.15, 0.2) is 35.1 Å². The number of amides is 1. The fraction of sp³-hybridized carbons (Fsp3) is 0.333. The van der Waals surface area contributed by atoms with Gasteiger partial charge in [0.15, 0.2) is 11.5 Å².